The molecule has 0 aliphatic heterocycles. The summed E-state index contributed by atoms with van der Waals surface area (Å²) in [6.45, 7) is 2.05. The van der Waals surface area contributed by atoms with Gasteiger partial charge in [-0.1, -0.05) is 41.9 Å². The number of nitrogens with zero attached hydrogens (tertiary/aromatic N) is 3. The van der Waals surface area contributed by atoms with Crippen LogP contribution in [0.15, 0.2) is 24.3 Å². The number of carboxylic acids is 1. The Bertz CT molecular complexity index is 642. The number of hydrogen-bond donors (Lipinski definition) is 2. The molecule has 0 fully saturated rings. The molecule has 7 heteroatoms. The Kier molecular flexibility index (Phi) is 4.93. The first-order valence-corrected chi connectivity index (χ1v) is 6.97. The van der Waals surface area contributed by atoms with Gasteiger partial charge in [-0.2, -0.15) is 0 Å². The van der Waals surface area contributed by atoms with Crippen molar-refractivity contribution in [2.45, 2.75) is 32.4 Å². The second-order valence-corrected chi connectivity index (χ2v) is 5.11. The number of benzene rings is 1. The van der Waals surface area contributed by atoms with Crippen LogP contribution in [-0.4, -0.2) is 37.3 Å². The Hall–Kier alpha value is -1.92. The molecule has 0 radical (unpaired) electrons. The lowest BCUT2D eigenvalue weighted by Gasteiger charge is -2.11. The first-order valence-electron chi connectivity index (χ1n) is 6.60. The predicted octanol–water partition coefficient (Wildman–Crippen LogP) is 1.99. The van der Waals surface area contributed by atoms with Gasteiger partial charge in [-0.3, -0.25) is 0 Å². The minimum Gasteiger partial charge on any atom is -0.476 e. The summed E-state index contributed by atoms with van der Waals surface area (Å²) < 4.78 is 1.43. The molecule has 2 rings (SSSR count). The molecule has 1 atom stereocenters. The molecule has 21 heavy (non-hydrogen) atoms. The lowest BCUT2D eigenvalue weighted by Crippen LogP contribution is -2.18. The highest BCUT2D eigenvalue weighted by Gasteiger charge is 2.21. The Morgan fingerprint density at radius 3 is 2.76 bits per heavy atom. The second-order valence-electron chi connectivity index (χ2n) is 4.70. The molecule has 6 nitrogen and oxygen atoms in total. The van der Waals surface area contributed by atoms with E-state index in [-0.39, 0.29) is 12.2 Å². The quantitative estimate of drug-likeness (QED) is 0.852. The zero-order valence-electron chi connectivity index (χ0n) is 11.5. The molecule has 112 valence electrons. The minimum absolute atomic E-state index is 0.113. The normalized spacial score (nSPS) is 12.3. The third kappa shape index (κ3) is 3.59. The van der Waals surface area contributed by atoms with E-state index in [1.54, 1.807) is 12.1 Å². The fourth-order valence-electron chi connectivity index (χ4n) is 1.97. The van der Waals surface area contributed by atoms with E-state index in [1.165, 1.54) is 4.68 Å². The van der Waals surface area contributed by atoms with Crippen LogP contribution in [0, 0.1) is 0 Å². The van der Waals surface area contributed by atoms with E-state index in [0.29, 0.717) is 23.6 Å². The summed E-state index contributed by atoms with van der Waals surface area (Å²) in [4.78, 5) is 11.3. The van der Waals surface area contributed by atoms with Gasteiger partial charge in [-0.05, 0) is 18.1 Å². The summed E-state index contributed by atoms with van der Waals surface area (Å²) in [5.41, 5.74) is 1.11. The van der Waals surface area contributed by atoms with Crippen molar-refractivity contribution in [1.82, 2.24) is 15.0 Å². The van der Waals surface area contributed by atoms with Crippen LogP contribution in [0.2, 0.25) is 5.02 Å². The molecule has 0 saturated heterocycles. The van der Waals surface area contributed by atoms with Crippen LogP contribution in [0.1, 0.15) is 35.1 Å². The average Bonchev–Trinajstić information content (AvgIpc) is 2.84. The van der Waals surface area contributed by atoms with Gasteiger partial charge in [0, 0.05) is 11.4 Å². The first-order chi connectivity index (χ1) is 10.0. The summed E-state index contributed by atoms with van der Waals surface area (Å²) in [5, 5.41) is 27.0. The molecule has 1 heterocycles. The van der Waals surface area contributed by atoms with E-state index in [1.807, 2.05) is 19.1 Å². The molecule has 0 spiro atoms. The van der Waals surface area contributed by atoms with E-state index in [4.69, 9.17) is 11.6 Å². The van der Waals surface area contributed by atoms with E-state index < -0.39 is 12.1 Å². The Morgan fingerprint density at radius 1 is 1.43 bits per heavy atom. The van der Waals surface area contributed by atoms with Crippen molar-refractivity contribution in [3.63, 3.8) is 0 Å². The van der Waals surface area contributed by atoms with Crippen LogP contribution in [0.5, 0.6) is 0 Å². The molecule has 2 aromatic rings. The number of hydrogen-bond acceptors (Lipinski definition) is 4. The lowest BCUT2D eigenvalue weighted by molar-refractivity contribution is 0.0689. The molecular weight excluding hydrogens is 294 g/mol. The van der Waals surface area contributed by atoms with Crippen LogP contribution in [0.25, 0.3) is 0 Å². The highest BCUT2D eigenvalue weighted by atomic mass is 35.5. The summed E-state index contributed by atoms with van der Waals surface area (Å²) in [7, 11) is 0. The smallest absolute Gasteiger partial charge is 0.358 e. The minimum atomic E-state index is -1.14. The maximum Gasteiger partial charge on any atom is 0.358 e. The van der Waals surface area contributed by atoms with Gasteiger partial charge in [0.05, 0.1) is 18.3 Å². The van der Waals surface area contributed by atoms with Crippen LogP contribution in [-0.2, 0) is 13.0 Å². The van der Waals surface area contributed by atoms with Crippen LogP contribution >= 0.6 is 11.6 Å². The fourth-order valence-corrected chi connectivity index (χ4v) is 2.17. The topological polar surface area (TPSA) is 88.2 Å². The Balaban J connectivity index is 2.37. The molecule has 0 saturated carbocycles. The van der Waals surface area contributed by atoms with Gasteiger partial charge in [-0.15, -0.1) is 5.10 Å². The third-order valence-corrected chi connectivity index (χ3v) is 3.58. The maximum absolute atomic E-state index is 11.3. The highest BCUT2D eigenvalue weighted by Crippen LogP contribution is 2.20. The highest BCUT2D eigenvalue weighted by molar-refractivity contribution is 6.31. The summed E-state index contributed by atoms with van der Waals surface area (Å²) >= 11 is 6.11. The fraction of sp³-hybridized carbons (Fsp3) is 0.357. The molecule has 2 N–H and O–H groups in total. The van der Waals surface area contributed by atoms with Crippen LogP contribution in [0.4, 0.5) is 0 Å². The number of aromatic nitrogens is 3. The van der Waals surface area contributed by atoms with Gasteiger partial charge in [-0.25, -0.2) is 9.48 Å². The van der Waals surface area contributed by atoms with Crippen molar-refractivity contribution < 1.29 is 15.0 Å². The van der Waals surface area contributed by atoms with E-state index in [2.05, 4.69) is 10.3 Å². The number of aromatic carboxylic acids is 1. The summed E-state index contributed by atoms with van der Waals surface area (Å²) in [5.74, 6) is -1.14. The number of halogens is 1. The number of aliphatic hydroxyl groups is 1. The molecule has 1 aromatic heterocycles. The van der Waals surface area contributed by atoms with Gasteiger partial charge in [0.1, 0.15) is 0 Å². The maximum atomic E-state index is 11.3. The zero-order chi connectivity index (χ0) is 15.4. The first kappa shape index (κ1) is 15.5. The standard InChI is InChI=1S/C14H16ClN3O3/c1-2-10(19)8-18-12(13(14(20)21)16-17-18)7-9-5-3-4-6-11(9)15/h3-6,10,19H,2,7-8H2,1H3,(H,20,21). The predicted molar refractivity (Wildman–Crippen MR) is 77.5 cm³/mol. The third-order valence-electron chi connectivity index (χ3n) is 3.21. The Morgan fingerprint density at radius 2 is 2.14 bits per heavy atom. The largest absolute Gasteiger partial charge is 0.476 e. The number of carboxylic acid groups (broad SMARTS) is 1. The number of aliphatic hydroxyl groups excluding tert-OH is 1. The molecule has 0 amide bonds. The van der Waals surface area contributed by atoms with E-state index >= 15 is 0 Å². The number of carbonyl (C=O) groups is 1. The van der Waals surface area contributed by atoms with Gasteiger partial charge >= 0.3 is 5.97 Å². The average molecular weight is 310 g/mol. The molecule has 0 aliphatic carbocycles. The van der Waals surface area contributed by atoms with Gasteiger partial charge in [0.25, 0.3) is 0 Å². The molecule has 1 unspecified atom stereocenters. The van der Waals surface area contributed by atoms with Crippen molar-refractivity contribution in [2.24, 2.45) is 0 Å². The van der Waals surface area contributed by atoms with Crippen molar-refractivity contribution in [3.05, 3.63) is 46.2 Å². The van der Waals surface area contributed by atoms with Crippen molar-refractivity contribution in [1.29, 1.82) is 0 Å². The zero-order valence-corrected chi connectivity index (χ0v) is 12.3. The van der Waals surface area contributed by atoms with E-state index in [0.717, 1.165) is 5.56 Å². The van der Waals surface area contributed by atoms with Gasteiger partial charge in [0.15, 0.2) is 5.69 Å². The SMILES string of the molecule is CCC(O)Cn1nnc(C(=O)O)c1Cc1ccccc1Cl. The lowest BCUT2D eigenvalue weighted by atomic mass is 10.1. The second kappa shape index (κ2) is 6.69. The van der Waals surface area contributed by atoms with Crippen LogP contribution < -0.4 is 0 Å². The van der Waals surface area contributed by atoms with Crippen molar-refractivity contribution in [3.8, 4) is 0 Å². The molecule has 0 aliphatic rings. The molecule has 1 aromatic carbocycles. The van der Waals surface area contributed by atoms with Crippen molar-refractivity contribution in [2.75, 3.05) is 0 Å². The van der Waals surface area contributed by atoms with Gasteiger partial charge < -0.3 is 10.2 Å². The van der Waals surface area contributed by atoms with Crippen LogP contribution in [0.3, 0.4) is 0 Å². The summed E-state index contributed by atoms with van der Waals surface area (Å²) in [6.07, 6.45) is 0.247. The van der Waals surface area contributed by atoms with E-state index in [9.17, 15) is 15.0 Å². The summed E-state index contributed by atoms with van der Waals surface area (Å²) in [6, 6.07) is 7.20. The molecule has 0 bridgehead atoms. The molecular formula is C14H16ClN3O3. The monoisotopic (exact) mass is 309 g/mol. The van der Waals surface area contributed by atoms with Crippen molar-refractivity contribution >= 4 is 17.6 Å². The number of rotatable bonds is 6. The Labute approximate surface area is 127 Å². The van der Waals surface area contributed by atoms with Gasteiger partial charge in [0.2, 0.25) is 0 Å².